The number of rotatable bonds is 9. The Hall–Kier alpha value is -0.610. The SMILES string of the molecule is CC(=O)OO.CCCCC(O)(CCCC)CCCC. The molecule has 0 atom stereocenters. The van der Waals surface area contributed by atoms with E-state index in [4.69, 9.17) is 5.26 Å². The van der Waals surface area contributed by atoms with Gasteiger partial charge in [0.15, 0.2) is 0 Å². The molecule has 0 heterocycles. The molecule has 0 bridgehead atoms. The first kappa shape index (κ1) is 20.7. The zero-order valence-electron chi connectivity index (χ0n) is 13.1. The van der Waals surface area contributed by atoms with Crippen LogP contribution in [0.15, 0.2) is 0 Å². The predicted molar refractivity (Wildman–Crippen MR) is 77.9 cm³/mol. The van der Waals surface area contributed by atoms with Crippen molar-refractivity contribution < 1.29 is 20.0 Å². The minimum atomic E-state index is -0.690. The molecule has 0 unspecified atom stereocenters. The van der Waals surface area contributed by atoms with Gasteiger partial charge in [-0.2, -0.15) is 5.26 Å². The third-order valence-corrected chi connectivity index (χ3v) is 3.12. The van der Waals surface area contributed by atoms with Gasteiger partial charge in [-0.25, -0.2) is 4.79 Å². The highest BCUT2D eigenvalue weighted by molar-refractivity contribution is 5.64. The molecule has 4 nitrogen and oxygen atoms in total. The van der Waals surface area contributed by atoms with Crippen molar-refractivity contribution in [1.82, 2.24) is 0 Å². The van der Waals surface area contributed by atoms with Crippen molar-refractivity contribution in [2.45, 2.75) is 91.1 Å². The van der Waals surface area contributed by atoms with Gasteiger partial charge in [0, 0.05) is 6.92 Å². The normalized spacial score (nSPS) is 10.6. The first-order valence-electron chi connectivity index (χ1n) is 7.50. The Labute approximate surface area is 118 Å². The van der Waals surface area contributed by atoms with Crippen molar-refractivity contribution in [3.8, 4) is 0 Å². The quantitative estimate of drug-likeness (QED) is 0.486. The molecule has 0 radical (unpaired) electrons. The van der Waals surface area contributed by atoms with Crippen molar-refractivity contribution in [2.75, 3.05) is 0 Å². The lowest BCUT2D eigenvalue weighted by Crippen LogP contribution is -2.28. The average molecular weight is 276 g/mol. The molecule has 0 rings (SSSR count). The lowest BCUT2D eigenvalue weighted by molar-refractivity contribution is -0.231. The van der Waals surface area contributed by atoms with E-state index in [0.29, 0.717) is 0 Å². The van der Waals surface area contributed by atoms with Crippen molar-refractivity contribution in [3.05, 3.63) is 0 Å². The van der Waals surface area contributed by atoms with Gasteiger partial charge in [-0.15, -0.1) is 0 Å². The van der Waals surface area contributed by atoms with Crippen molar-refractivity contribution >= 4 is 5.97 Å². The molecule has 0 aliphatic carbocycles. The van der Waals surface area contributed by atoms with Crippen molar-refractivity contribution in [2.24, 2.45) is 0 Å². The van der Waals surface area contributed by atoms with Crippen LogP contribution in [-0.4, -0.2) is 21.9 Å². The van der Waals surface area contributed by atoms with Crippen LogP contribution in [0.25, 0.3) is 0 Å². The van der Waals surface area contributed by atoms with Crippen LogP contribution in [-0.2, 0) is 9.68 Å². The summed E-state index contributed by atoms with van der Waals surface area (Å²) in [4.78, 5) is 12.5. The monoisotopic (exact) mass is 276 g/mol. The van der Waals surface area contributed by atoms with Gasteiger partial charge in [0.1, 0.15) is 0 Å². The fraction of sp³-hybridized carbons (Fsp3) is 0.933. The summed E-state index contributed by atoms with van der Waals surface area (Å²) in [5, 5.41) is 17.7. The lowest BCUT2D eigenvalue weighted by Gasteiger charge is -2.28. The summed E-state index contributed by atoms with van der Waals surface area (Å²) in [6.45, 7) is 7.69. The predicted octanol–water partition coefficient (Wildman–Crippen LogP) is 4.31. The second kappa shape index (κ2) is 13.8. The third-order valence-electron chi connectivity index (χ3n) is 3.12. The standard InChI is InChI=1S/C13H28O.C2H4O3/c1-4-7-10-13(14,11-8-5-2)12-9-6-3;1-2(3)5-4/h14H,4-12H2,1-3H3;4H,1H3. The molecule has 0 aliphatic heterocycles. The van der Waals surface area contributed by atoms with E-state index >= 15 is 0 Å². The van der Waals surface area contributed by atoms with E-state index in [1.54, 1.807) is 0 Å². The minimum Gasteiger partial charge on any atom is -0.390 e. The third kappa shape index (κ3) is 15.3. The van der Waals surface area contributed by atoms with Gasteiger partial charge in [0.25, 0.3) is 0 Å². The Balaban J connectivity index is 0. The molecule has 0 amide bonds. The summed E-state index contributed by atoms with van der Waals surface area (Å²) in [5.74, 6) is -0.690. The van der Waals surface area contributed by atoms with E-state index < -0.39 is 5.97 Å². The van der Waals surface area contributed by atoms with Crippen molar-refractivity contribution in [3.63, 3.8) is 0 Å². The summed E-state index contributed by atoms with van der Waals surface area (Å²) in [6, 6.07) is 0. The Morgan fingerprint density at radius 1 is 0.947 bits per heavy atom. The van der Waals surface area contributed by atoms with Crippen LogP contribution in [0.2, 0.25) is 0 Å². The number of carbonyl (C=O) groups is 1. The fourth-order valence-corrected chi connectivity index (χ4v) is 1.89. The maximum Gasteiger partial charge on any atom is 0.339 e. The first-order chi connectivity index (χ1) is 8.95. The summed E-state index contributed by atoms with van der Waals surface area (Å²) >= 11 is 0. The zero-order chi connectivity index (χ0) is 15.1. The average Bonchev–Trinajstić information content (AvgIpc) is 2.41. The van der Waals surface area contributed by atoms with Crippen LogP contribution in [0.5, 0.6) is 0 Å². The molecule has 0 aromatic heterocycles. The maximum absolute atomic E-state index is 10.4. The Kier molecular flexibility index (Phi) is 15.1. The van der Waals surface area contributed by atoms with E-state index in [1.807, 2.05) is 0 Å². The summed E-state index contributed by atoms with van der Waals surface area (Å²) in [7, 11) is 0. The maximum atomic E-state index is 10.4. The summed E-state index contributed by atoms with van der Waals surface area (Å²) in [6.07, 6.45) is 10.1. The van der Waals surface area contributed by atoms with Crippen LogP contribution < -0.4 is 0 Å². The second-order valence-corrected chi connectivity index (χ2v) is 5.12. The molecule has 0 spiro atoms. The van der Waals surface area contributed by atoms with Crippen LogP contribution in [0, 0.1) is 0 Å². The van der Waals surface area contributed by atoms with Gasteiger partial charge < -0.3 is 9.99 Å². The van der Waals surface area contributed by atoms with Gasteiger partial charge in [-0.05, 0) is 19.3 Å². The topological polar surface area (TPSA) is 66.8 Å². The van der Waals surface area contributed by atoms with E-state index in [0.717, 1.165) is 26.2 Å². The molecule has 0 aromatic rings. The lowest BCUT2D eigenvalue weighted by atomic mass is 9.86. The van der Waals surface area contributed by atoms with Crippen LogP contribution in [0.3, 0.4) is 0 Å². The Morgan fingerprint density at radius 2 is 1.21 bits per heavy atom. The Bertz CT molecular complexity index is 183. The molecule has 0 aliphatic rings. The molecule has 0 saturated heterocycles. The molecule has 19 heavy (non-hydrogen) atoms. The highest BCUT2D eigenvalue weighted by Gasteiger charge is 2.24. The number of hydrogen-bond donors (Lipinski definition) is 2. The highest BCUT2D eigenvalue weighted by Crippen LogP contribution is 2.27. The highest BCUT2D eigenvalue weighted by atomic mass is 17.1. The fourth-order valence-electron chi connectivity index (χ4n) is 1.89. The first-order valence-corrected chi connectivity index (χ1v) is 7.50. The number of carbonyl (C=O) groups excluding carboxylic acids is 1. The van der Waals surface area contributed by atoms with Crippen molar-refractivity contribution in [1.29, 1.82) is 0 Å². The molecule has 0 saturated carbocycles. The zero-order valence-corrected chi connectivity index (χ0v) is 13.1. The largest absolute Gasteiger partial charge is 0.390 e. The molecule has 116 valence electrons. The molecular weight excluding hydrogens is 244 g/mol. The summed E-state index contributed by atoms with van der Waals surface area (Å²) < 4.78 is 0. The van der Waals surface area contributed by atoms with Gasteiger partial charge >= 0.3 is 5.97 Å². The van der Waals surface area contributed by atoms with E-state index in [2.05, 4.69) is 25.7 Å². The minimum absolute atomic E-state index is 0.345. The number of aliphatic hydroxyl groups is 1. The number of unbranched alkanes of at least 4 members (excludes halogenated alkanes) is 3. The van der Waals surface area contributed by atoms with E-state index in [1.165, 1.54) is 38.5 Å². The van der Waals surface area contributed by atoms with Gasteiger partial charge in [-0.3, -0.25) is 0 Å². The van der Waals surface area contributed by atoms with Gasteiger partial charge in [0.2, 0.25) is 0 Å². The van der Waals surface area contributed by atoms with E-state index in [9.17, 15) is 9.90 Å². The molecule has 0 fully saturated rings. The molecule has 2 N–H and O–H groups in total. The summed E-state index contributed by atoms with van der Waals surface area (Å²) in [5.41, 5.74) is -0.345. The number of hydrogen-bond acceptors (Lipinski definition) is 4. The van der Waals surface area contributed by atoms with Crippen LogP contribution in [0.4, 0.5) is 0 Å². The van der Waals surface area contributed by atoms with E-state index in [-0.39, 0.29) is 5.60 Å². The van der Waals surface area contributed by atoms with Gasteiger partial charge in [-0.1, -0.05) is 59.3 Å². The van der Waals surface area contributed by atoms with Crippen LogP contribution >= 0.6 is 0 Å². The smallest absolute Gasteiger partial charge is 0.339 e. The Morgan fingerprint density at radius 3 is 1.37 bits per heavy atom. The second-order valence-electron chi connectivity index (χ2n) is 5.12. The molecule has 4 heteroatoms. The molecular formula is C15H32O4. The van der Waals surface area contributed by atoms with Crippen LogP contribution in [0.1, 0.15) is 85.5 Å². The van der Waals surface area contributed by atoms with Gasteiger partial charge in [0.05, 0.1) is 5.60 Å². The molecule has 0 aromatic carbocycles.